The highest BCUT2D eigenvalue weighted by Crippen LogP contribution is 2.19. The molecule has 3 heterocycles. The number of ether oxygens (including phenoxy) is 1. The van der Waals surface area contributed by atoms with Gasteiger partial charge in [-0.3, -0.25) is 14.9 Å². The molecular weight excluding hydrogens is 326 g/mol. The normalized spacial score (nSPS) is 16.5. The Morgan fingerprint density at radius 1 is 1.32 bits per heavy atom. The SMILES string of the molecule is COc1ccc(C(=O)N2CC[C@@H](Nc3ccc([N+](=O)[O-])cn3)C2)cn1. The number of nitro groups is 1. The van der Waals surface area contributed by atoms with Crippen LogP contribution in [0.25, 0.3) is 0 Å². The number of carbonyl (C=O) groups is 1. The molecule has 1 N–H and O–H groups in total. The van der Waals surface area contributed by atoms with Crippen molar-refractivity contribution >= 4 is 17.4 Å². The van der Waals surface area contributed by atoms with Crippen LogP contribution >= 0.6 is 0 Å². The van der Waals surface area contributed by atoms with Crippen molar-refractivity contribution in [1.29, 1.82) is 0 Å². The molecule has 0 aromatic carbocycles. The van der Waals surface area contributed by atoms with Crippen LogP contribution in [0.2, 0.25) is 0 Å². The number of aromatic nitrogens is 2. The van der Waals surface area contributed by atoms with E-state index in [0.29, 0.717) is 30.4 Å². The van der Waals surface area contributed by atoms with E-state index >= 15 is 0 Å². The monoisotopic (exact) mass is 343 g/mol. The first kappa shape index (κ1) is 16.6. The number of amides is 1. The molecule has 1 atom stereocenters. The van der Waals surface area contributed by atoms with E-state index in [1.807, 2.05) is 0 Å². The number of rotatable bonds is 5. The number of nitrogens with one attached hydrogen (secondary N) is 1. The van der Waals surface area contributed by atoms with E-state index in [4.69, 9.17) is 4.74 Å². The summed E-state index contributed by atoms with van der Waals surface area (Å²) >= 11 is 0. The minimum Gasteiger partial charge on any atom is -0.481 e. The average Bonchev–Trinajstić information content (AvgIpc) is 3.10. The molecule has 0 radical (unpaired) electrons. The summed E-state index contributed by atoms with van der Waals surface area (Å²) in [6.45, 7) is 1.15. The summed E-state index contributed by atoms with van der Waals surface area (Å²) in [5, 5.41) is 13.8. The van der Waals surface area contributed by atoms with Crippen LogP contribution in [0.1, 0.15) is 16.8 Å². The molecule has 1 amide bonds. The summed E-state index contributed by atoms with van der Waals surface area (Å²) in [6, 6.07) is 6.35. The van der Waals surface area contributed by atoms with Gasteiger partial charge in [0.15, 0.2) is 0 Å². The Balaban J connectivity index is 1.59. The van der Waals surface area contributed by atoms with Gasteiger partial charge in [-0.2, -0.15) is 0 Å². The standard InChI is InChI=1S/C16H17N5O4/c1-25-15-5-2-11(8-18-15)16(22)20-7-6-12(10-20)19-14-4-3-13(9-17-14)21(23)24/h2-5,8-9,12H,6-7,10H2,1H3,(H,17,19)/t12-/m1/s1. The maximum absolute atomic E-state index is 12.5. The molecule has 25 heavy (non-hydrogen) atoms. The number of carbonyl (C=O) groups excluding carboxylic acids is 1. The lowest BCUT2D eigenvalue weighted by Gasteiger charge is -2.17. The van der Waals surface area contributed by atoms with Gasteiger partial charge in [-0.1, -0.05) is 0 Å². The molecular formula is C16H17N5O4. The maximum atomic E-state index is 12.5. The second-order valence-electron chi connectivity index (χ2n) is 5.63. The van der Waals surface area contributed by atoms with Gasteiger partial charge in [-0.15, -0.1) is 0 Å². The molecule has 2 aromatic rings. The maximum Gasteiger partial charge on any atom is 0.287 e. The van der Waals surface area contributed by atoms with Crippen LogP contribution in [0.15, 0.2) is 36.7 Å². The lowest BCUT2D eigenvalue weighted by molar-refractivity contribution is -0.385. The third-order valence-electron chi connectivity index (χ3n) is 3.98. The number of hydrogen-bond acceptors (Lipinski definition) is 7. The van der Waals surface area contributed by atoms with Crippen LogP contribution in [0, 0.1) is 10.1 Å². The van der Waals surface area contributed by atoms with Crippen LogP contribution in [0.4, 0.5) is 11.5 Å². The Morgan fingerprint density at radius 2 is 2.16 bits per heavy atom. The summed E-state index contributed by atoms with van der Waals surface area (Å²) in [4.78, 5) is 32.5. The fraction of sp³-hybridized carbons (Fsp3) is 0.312. The molecule has 0 aliphatic carbocycles. The van der Waals surface area contributed by atoms with Crippen LogP contribution in [0.5, 0.6) is 5.88 Å². The van der Waals surface area contributed by atoms with Crippen molar-refractivity contribution in [2.45, 2.75) is 12.5 Å². The second kappa shape index (κ2) is 7.12. The van der Waals surface area contributed by atoms with Gasteiger partial charge in [0.1, 0.15) is 12.0 Å². The van der Waals surface area contributed by atoms with E-state index < -0.39 is 4.92 Å². The highest BCUT2D eigenvalue weighted by Gasteiger charge is 2.27. The van der Waals surface area contributed by atoms with Crippen molar-refractivity contribution in [2.75, 3.05) is 25.5 Å². The lowest BCUT2D eigenvalue weighted by Crippen LogP contribution is -2.31. The molecule has 0 saturated carbocycles. The van der Waals surface area contributed by atoms with Crippen LogP contribution in [-0.2, 0) is 0 Å². The predicted molar refractivity (Wildman–Crippen MR) is 89.6 cm³/mol. The van der Waals surface area contributed by atoms with E-state index in [1.54, 1.807) is 23.1 Å². The van der Waals surface area contributed by atoms with Crippen LogP contribution in [-0.4, -0.2) is 51.9 Å². The first-order valence-corrected chi connectivity index (χ1v) is 7.73. The molecule has 0 spiro atoms. The van der Waals surface area contributed by atoms with Gasteiger partial charge in [-0.05, 0) is 18.6 Å². The van der Waals surface area contributed by atoms with E-state index in [2.05, 4.69) is 15.3 Å². The number of nitrogens with zero attached hydrogens (tertiary/aromatic N) is 4. The van der Waals surface area contributed by atoms with E-state index in [1.165, 1.54) is 25.6 Å². The first-order valence-electron chi connectivity index (χ1n) is 7.73. The molecule has 1 saturated heterocycles. The molecule has 1 aliphatic heterocycles. The Hall–Kier alpha value is -3.23. The zero-order chi connectivity index (χ0) is 17.8. The van der Waals surface area contributed by atoms with Gasteiger partial charge in [-0.25, -0.2) is 9.97 Å². The number of pyridine rings is 2. The number of likely N-dealkylation sites (tertiary alicyclic amines) is 1. The summed E-state index contributed by atoms with van der Waals surface area (Å²) in [5.41, 5.74) is 0.454. The van der Waals surface area contributed by atoms with Crippen molar-refractivity contribution in [3.63, 3.8) is 0 Å². The minimum atomic E-state index is -0.490. The Bertz CT molecular complexity index is 763. The van der Waals surface area contributed by atoms with Gasteiger partial charge in [0.25, 0.3) is 11.6 Å². The van der Waals surface area contributed by atoms with Crippen molar-refractivity contribution in [2.24, 2.45) is 0 Å². The van der Waals surface area contributed by atoms with Crippen molar-refractivity contribution < 1.29 is 14.5 Å². The zero-order valence-electron chi connectivity index (χ0n) is 13.6. The molecule has 0 bridgehead atoms. The summed E-state index contributed by atoms with van der Waals surface area (Å²) in [7, 11) is 1.52. The Kier molecular flexibility index (Phi) is 4.73. The fourth-order valence-corrected chi connectivity index (χ4v) is 2.66. The third kappa shape index (κ3) is 3.82. The predicted octanol–water partition coefficient (Wildman–Crippen LogP) is 1.72. The minimum absolute atomic E-state index is 0.0455. The summed E-state index contributed by atoms with van der Waals surface area (Å²) < 4.78 is 4.99. The molecule has 130 valence electrons. The average molecular weight is 343 g/mol. The van der Waals surface area contributed by atoms with Crippen molar-refractivity contribution in [3.8, 4) is 5.88 Å². The van der Waals surface area contributed by atoms with Gasteiger partial charge in [0.05, 0.1) is 17.6 Å². The summed E-state index contributed by atoms with van der Waals surface area (Å²) in [6.07, 6.45) is 3.48. The highest BCUT2D eigenvalue weighted by molar-refractivity contribution is 5.94. The Labute approximate surface area is 143 Å². The molecule has 2 aromatic heterocycles. The van der Waals surface area contributed by atoms with Gasteiger partial charge < -0.3 is 15.0 Å². The lowest BCUT2D eigenvalue weighted by atomic mass is 10.2. The molecule has 1 aliphatic rings. The van der Waals surface area contributed by atoms with Crippen LogP contribution < -0.4 is 10.1 Å². The quantitative estimate of drug-likeness (QED) is 0.650. The first-order chi connectivity index (χ1) is 12.1. The Morgan fingerprint density at radius 3 is 2.76 bits per heavy atom. The van der Waals surface area contributed by atoms with Crippen molar-refractivity contribution in [1.82, 2.24) is 14.9 Å². The largest absolute Gasteiger partial charge is 0.481 e. The smallest absolute Gasteiger partial charge is 0.287 e. The zero-order valence-corrected chi connectivity index (χ0v) is 13.6. The molecule has 0 unspecified atom stereocenters. The van der Waals surface area contributed by atoms with E-state index in [9.17, 15) is 14.9 Å². The second-order valence-corrected chi connectivity index (χ2v) is 5.63. The highest BCUT2D eigenvalue weighted by atomic mass is 16.6. The number of anilines is 1. The molecule has 9 nitrogen and oxygen atoms in total. The third-order valence-corrected chi connectivity index (χ3v) is 3.98. The van der Waals surface area contributed by atoms with Gasteiger partial charge in [0, 0.05) is 37.5 Å². The molecule has 1 fully saturated rings. The summed E-state index contributed by atoms with van der Waals surface area (Å²) in [5.74, 6) is 0.925. The topological polar surface area (TPSA) is 110 Å². The van der Waals surface area contributed by atoms with Crippen molar-refractivity contribution in [3.05, 3.63) is 52.3 Å². The van der Waals surface area contributed by atoms with Gasteiger partial charge >= 0.3 is 0 Å². The molecule has 3 rings (SSSR count). The van der Waals surface area contributed by atoms with Gasteiger partial charge in [0.2, 0.25) is 5.88 Å². The fourth-order valence-electron chi connectivity index (χ4n) is 2.66. The van der Waals surface area contributed by atoms with E-state index in [0.717, 1.165) is 6.42 Å². The van der Waals surface area contributed by atoms with E-state index in [-0.39, 0.29) is 17.6 Å². The van der Waals surface area contributed by atoms with Crippen LogP contribution in [0.3, 0.4) is 0 Å². The number of methoxy groups -OCH3 is 1. The molecule has 9 heteroatoms. The number of hydrogen-bond donors (Lipinski definition) is 1.